The number of nitrogens with one attached hydrogen (secondary N) is 1. The molecule has 1 aromatic rings. The van der Waals surface area contributed by atoms with Crippen molar-refractivity contribution in [1.82, 2.24) is 5.32 Å². The van der Waals surface area contributed by atoms with Crippen LogP contribution in [0.3, 0.4) is 0 Å². The lowest BCUT2D eigenvalue weighted by atomic mass is 9.88. The highest BCUT2D eigenvalue weighted by molar-refractivity contribution is 9.10. The first-order valence-electron chi connectivity index (χ1n) is 6.62. The Labute approximate surface area is 119 Å². The first kappa shape index (κ1) is 15.7. The highest BCUT2D eigenvalue weighted by Crippen LogP contribution is 2.25. The molecule has 0 saturated heterocycles. The molecular weight excluding hydrogens is 290 g/mol. The Morgan fingerprint density at radius 3 is 2.50 bits per heavy atom. The highest BCUT2D eigenvalue weighted by Gasteiger charge is 2.32. The van der Waals surface area contributed by atoms with Crippen LogP contribution in [0.1, 0.15) is 32.8 Å². The van der Waals surface area contributed by atoms with Crippen LogP contribution in [0, 0.1) is 0 Å². The van der Waals surface area contributed by atoms with Crippen molar-refractivity contribution in [2.75, 3.05) is 13.7 Å². The fourth-order valence-electron chi connectivity index (χ4n) is 2.29. The Bertz CT molecular complexity index is 369. The van der Waals surface area contributed by atoms with E-state index in [0.29, 0.717) is 6.04 Å². The van der Waals surface area contributed by atoms with E-state index in [9.17, 15) is 0 Å². The fraction of sp³-hybridized carbons (Fsp3) is 0.600. The van der Waals surface area contributed by atoms with Crippen LogP contribution in [0.2, 0.25) is 0 Å². The standard InChI is InChI=1S/C15H24BrNO/c1-5-15(3,18-6-2)14(17-4)11-12-9-7-8-10-13(12)16/h7-10,14,17H,5-6,11H2,1-4H3. The lowest BCUT2D eigenvalue weighted by Gasteiger charge is -2.37. The molecule has 0 amide bonds. The summed E-state index contributed by atoms with van der Waals surface area (Å²) < 4.78 is 7.13. The molecule has 0 aliphatic carbocycles. The van der Waals surface area contributed by atoms with Crippen LogP contribution < -0.4 is 5.32 Å². The minimum absolute atomic E-state index is 0.126. The number of halogens is 1. The zero-order valence-corrected chi connectivity index (χ0v) is 13.4. The Hall–Kier alpha value is -0.380. The summed E-state index contributed by atoms with van der Waals surface area (Å²) >= 11 is 3.61. The van der Waals surface area contributed by atoms with Crippen LogP contribution in [0.4, 0.5) is 0 Å². The minimum Gasteiger partial charge on any atom is -0.374 e. The van der Waals surface area contributed by atoms with Crippen LogP contribution >= 0.6 is 15.9 Å². The van der Waals surface area contributed by atoms with Gasteiger partial charge in [-0.2, -0.15) is 0 Å². The second kappa shape index (κ2) is 7.27. The molecule has 1 N–H and O–H groups in total. The maximum absolute atomic E-state index is 5.97. The van der Waals surface area contributed by atoms with Crippen LogP contribution in [-0.2, 0) is 11.2 Å². The third-order valence-electron chi connectivity index (χ3n) is 3.64. The van der Waals surface area contributed by atoms with E-state index in [1.54, 1.807) is 0 Å². The Balaban J connectivity index is 2.87. The van der Waals surface area contributed by atoms with Gasteiger partial charge in [-0.25, -0.2) is 0 Å². The largest absolute Gasteiger partial charge is 0.374 e. The Morgan fingerprint density at radius 2 is 2.00 bits per heavy atom. The van der Waals surface area contributed by atoms with Gasteiger partial charge < -0.3 is 10.1 Å². The van der Waals surface area contributed by atoms with E-state index in [-0.39, 0.29) is 5.60 Å². The third kappa shape index (κ3) is 3.81. The van der Waals surface area contributed by atoms with Gasteiger partial charge in [0.15, 0.2) is 0 Å². The van der Waals surface area contributed by atoms with Gasteiger partial charge in [-0.05, 0) is 45.4 Å². The van der Waals surface area contributed by atoms with Crippen LogP contribution in [0.5, 0.6) is 0 Å². The van der Waals surface area contributed by atoms with Crippen molar-refractivity contribution in [2.24, 2.45) is 0 Å². The molecule has 2 unspecified atom stereocenters. The quantitative estimate of drug-likeness (QED) is 0.827. The molecule has 0 spiro atoms. The van der Waals surface area contributed by atoms with Crippen LogP contribution in [0.25, 0.3) is 0 Å². The third-order valence-corrected chi connectivity index (χ3v) is 4.42. The van der Waals surface area contributed by atoms with Gasteiger partial charge in [-0.15, -0.1) is 0 Å². The zero-order valence-electron chi connectivity index (χ0n) is 11.8. The second-order valence-corrected chi connectivity index (χ2v) is 5.59. The van der Waals surface area contributed by atoms with E-state index in [1.165, 1.54) is 10.0 Å². The summed E-state index contributed by atoms with van der Waals surface area (Å²) in [4.78, 5) is 0. The van der Waals surface area contributed by atoms with Crippen molar-refractivity contribution in [3.8, 4) is 0 Å². The summed E-state index contributed by atoms with van der Waals surface area (Å²) in [5, 5.41) is 3.41. The molecule has 102 valence electrons. The molecule has 0 radical (unpaired) electrons. The van der Waals surface area contributed by atoms with Crippen molar-refractivity contribution in [3.05, 3.63) is 34.3 Å². The predicted octanol–water partition coefficient (Wildman–Crippen LogP) is 3.78. The summed E-state index contributed by atoms with van der Waals surface area (Å²) in [6, 6.07) is 8.68. The Kier molecular flexibility index (Phi) is 6.33. The number of likely N-dealkylation sites (N-methyl/N-ethyl adjacent to an activating group) is 1. The van der Waals surface area contributed by atoms with E-state index >= 15 is 0 Å². The molecule has 0 aliphatic rings. The van der Waals surface area contributed by atoms with E-state index in [0.717, 1.165) is 19.4 Å². The number of rotatable bonds is 7. The summed E-state index contributed by atoms with van der Waals surface area (Å²) in [5.41, 5.74) is 1.19. The lowest BCUT2D eigenvalue weighted by Crippen LogP contribution is -2.50. The smallest absolute Gasteiger partial charge is 0.0807 e. The molecule has 2 nitrogen and oxygen atoms in total. The minimum atomic E-state index is -0.126. The van der Waals surface area contributed by atoms with Gasteiger partial charge in [0.2, 0.25) is 0 Å². The molecule has 2 atom stereocenters. The van der Waals surface area contributed by atoms with Crippen LogP contribution in [-0.4, -0.2) is 25.3 Å². The van der Waals surface area contributed by atoms with Gasteiger partial charge in [0.1, 0.15) is 0 Å². The van der Waals surface area contributed by atoms with Gasteiger partial charge in [-0.1, -0.05) is 41.1 Å². The van der Waals surface area contributed by atoms with Crippen molar-refractivity contribution < 1.29 is 4.74 Å². The van der Waals surface area contributed by atoms with Gasteiger partial charge in [-0.3, -0.25) is 0 Å². The normalized spacial score (nSPS) is 16.3. The SMILES string of the molecule is CCOC(C)(CC)C(Cc1ccccc1Br)NC. The summed E-state index contributed by atoms with van der Waals surface area (Å²) in [6.45, 7) is 7.17. The first-order valence-corrected chi connectivity index (χ1v) is 7.41. The van der Waals surface area contributed by atoms with Crippen molar-refractivity contribution >= 4 is 15.9 Å². The van der Waals surface area contributed by atoms with Gasteiger partial charge in [0, 0.05) is 17.1 Å². The second-order valence-electron chi connectivity index (χ2n) is 4.74. The fourth-order valence-corrected chi connectivity index (χ4v) is 2.73. The molecule has 0 aliphatic heterocycles. The average Bonchev–Trinajstić information content (AvgIpc) is 2.38. The molecule has 0 heterocycles. The number of benzene rings is 1. The number of hydrogen-bond acceptors (Lipinski definition) is 2. The lowest BCUT2D eigenvalue weighted by molar-refractivity contribution is -0.0534. The van der Waals surface area contributed by atoms with E-state index in [1.807, 2.05) is 13.1 Å². The van der Waals surface area contributed by atoms with E-state index in [4.69, 9.17) is 4.74 Å². The van der Waals surface area contributed by atoms with Gasteiger partial charge in [0.05, 0.1) is 5.60 Å². The first-order chi connectivity index (χ1) is 8.57. The average molecular weight is 314 g/mol. The van der Waals surface area contributed by atoms with E-state index < -0.39 is 0 Å². The van der Waals surface area contributed by atoms with Gasteiger partial charge in [0.25, 0.3) is 0 Å². The van der Waals surface area contributed by atoms with Crippen molar-refractivity contribution in [3.63, 3.8) is 0 Å². The monoisotopic (exact) mass is 313 g/mol. The molecule has 0 bridgehead atoms. The molecule has 1 rings (SSSR count). The summed E-state index contributed by atoms with van der Waals surface area (Å²) in [5.74, 6) is 0. The van der Waals surface area contributed by atoms with Crippen LogP contribution in [0.15, 0.2) is 28.7 Å². The molecule has 0 aromatic heterocycles. The molecule has 0 fully saturated rings. The number of hydrogen-bond donors (Lipinski definition) is 1. The highest BCUT2D eigenvalue weighted by atomic mass is 79.9. The molecule has 0 saturated carbocycles. The molecule has 18 heavy (non-hydrogen) atoms. The van der Waals surface area contributed by atoms with Gasteiger partial charge >= 0.3 is 0 Å². The maximum Gasteiger partial charge on any atom is 0.0807 e. The Morgan fingerprint density at radius 1 is 1.33 bits per heavy atom. The van der Waals surface area contributed by atoms with Crippen molar-refractivity contribution in [2.45, 2.75) is 45.3 Å². The summed E-state index contributed by atoms with van der Waals surface area (Å²) in [7, 11) is 2.01. The summed E-state index contributed by atoms with van der Waals surface area (Å²) in [6.07, 6.45) is 1.96. The molecule has 3 heteroatoms. The number of ether oxygens (including phenoxy) is 1. The van der Waals surface area contributed by atoms with Crippen molar-refractivity contribution in [1.29, 1.82) is 0 Å². The predicted molar refractivity (Wildman–Crippen MR) is 81.0 cm³/mol. The molecule has 1 aromatic carbocycles. The maximum atomic E-state index is 5.97. The van der Waals surface area contributed by atoms with E-state index in [2.05, 4.69) is 60.2 Å². The molecular formula is C15H24BrNO. The topological polar surface area (TPSA) is 21.3 Å². The zero-order chi connectivity index (χ0) is 13.6.